The molecule has 6 heteroatoms. The van der Waals surface area contributed by atoms with Gasteiger partial charge in [0, 0.05) is 12.8 Å². The minimum absolute atomic E-state index is 0.00228. The molecule has 0 radical (unpaired) electrons. The molecule has 6 nitrogen and oxygen atoms in total. The van der Waals surface area contributed by atoms with Crippen molar-refractivity contribution < 1.29 is 24.5 Å². The van der Waals surface area contributed by atoms with Crippen LogP contribution in [0.2, 0.25) is 0 Å². The summed E-state index contributed by atoms with van der Waals surface area (Å²) >= 11 is 0. The van der Waals surface area contributed by atoms with Crippen molar-refractivity contribution in [2.75, 3.05) is 13.2 Å². The quantitative estimate of drug-likeness (QED) is 0.0321. The number of amides is 1. The number of hydrogen-bond acceptors (Lipinski definition) is 5. The summed E-state index contributed by atoms with van der Waals surface area (Å²) in [6.45, 7) is 4.85. The molecule has 0 rings (SSSR count). The molecule has 0 saturated carbocycles. The Hall–Kier alpha value is -2.18. The highest BCUT2D eigenvalue weighted by molar-refractivity contribution is 5.76. The van der Waals surface area contributed by atoms with Crippen molar-refractivity contribution in [2.24, 2.45) is 0 Å². The molecule has 0 fully saturated rings. The summed E-state index contributed by atoms with van der Waals surface area (Å²) < 4.78 is 5.48. The zero-order chi connectivity index (χ0) is 47.9. The Morgan fingerprint density at radius 2 is 0.758 bits per heavy atom. The highest BCUT2D eigenvalue weighted by atomic mass is 16.5. The lowest BCUT2D eigenvalue weighted by atomic mass is 10.1. The van der Waals surface area contributed by atoms with Crippen molar-refractivity contribution in [2.45, 2.75) is 309 Å². The topological polar surface area (TPSA) is 95.9 Å². The second-order valence-electron chi connectivity index (χ2n) is 19.6. The highest BCUT2D eigenvalue weighted by Crippen LogP contribution is 2.16. The van der Waals surface area contributed by atoms with Crippen LogP contribution in [-0.2, 0) is 14.3 Å². The molecule has 0 aromatic heterocycles. The highest BCUT2D eigenvalue weighted by Gasteiger charge is 2.18. The van der Waals surface area contributed by atoms with E-state index < -0.39 is 12.1 Å². The van der Waals surface area contributed by atoms with Crippen molar-refractivity contribution in [3.05, 3.63) is 48.6 Å². The summed E-state index contributed by atoms with van der Waals surface area (Å²) in [7, 11) is 0. The Morgan fingerprint density at radius 3 is 1.20 bits per heavy atom. The first-order valence-electron chi connectivity index (χ1n) is 28.9. The Bertz CT molecular complexity index is 1110. The Morgan fingerprint density at radius 1 is 0.424 bits per heavy atom. The molecule has 3 N–H and O–H groups in total. The smallest absolute Gasteiger partial charge is 0.305 e. The number of aliphatic hydroxyl groups is 2. The lowest BCUT2D eigenvalue weighted by Gasteiger charge is -2.20. The van der Waals surface area contributed by atoms with Gasteiger partial charge in [0.2, 0.25) is 5.91 Å². The minimum Gasteiger partial charge on any atom is -0.466 e. The molecule has 0 bridgehead atoms. The van der Waals surface area contributed by atoms with Gasteiger partial charge in [0.25, 0.3) is 0 Å². The van der Waals surface area contributed by atoms with Crippen LogP contribution in [0.15, 0.2) is 48.6 Å². The minimum atomic E-state index is -0.853. The van der Waals surface area contributed by atoms with Crippen LogP contribution < -0.4 is 5.32 Å². The number of rotatable bonds is 53. The van der Waals surface area contributed by atoms with Crippen LogP contribution in [0.1, 0.15) is 296 Å². The second-order valence-corrected chi connectivity index (χ2v) is 19.6. The van der Waals surface area contributed by atoms with E-state index in [1.165, 1.54) is 199 Å². The van der Waals surface area contributed by atoms with Gasteiger partial charge in [-0.3, -0.25) is 9.59 Å². The normalized spacial score (nSPS) is 13.0. The van der Waals surface area contributed by atoms with Crippen LogP contribution in [-0.4, -0.2) is 47.4 Å². The van der Waals surface area contributed by atoms with Gasteiger partial charge < -0.3 is 20.3 Å². The predicted octanol–water partition coefficient (Wildman–Crippen LogP) is 17.8. The van der Waals surface area contributed by atoms with Gasteiger partial charge in [-0.15, -0.1) is 0 Å². The number of unbranched alkanes of at least 4 members (excludes halogenated alkanes) is 36. The molecule has 0 heterocycles. The maximum absolute atomic E-state index is 12.4. The maximum atomic E-state index is 12.4. The van der Waals surface area contributed by atoms with Crippen LogP contribution in [0.5, 0.6) is 0 Å². The molecule has 1 amide bonds. The number of nitrogens with one attached hydrogen (secondary N) is 1. The largest absolute Gasteiger partial charge is 0.466 e. The third kappa shape index (κ3) is 51.2. The number of ether oxygens (including phenoxy) is 1. The summed E-state index contributed by atoms with van der Waals surface area (Å²) in [5, 5.41) is 23.0. The summed E-state index contributed by atoms with van der Waals surface area (Å²) in [5.74, 6) is -0.0861. The van der Waals surface area contributed by atoms with Crippen molar-refractivity contribution in [3.8, 4) is 0 Å². The van der Waals surface area contributed by atoms with E-state index in [0.717, 1.165) is 70.6 Å². The number of hydrogen-bond donors (Lipinski definition) is 3. The van der Waals surface area contributed by atoms with Crippen molar-refractivity contribution in [1.29, 1.82) is 0 Å². The summed E-state index contributed by atoms with van der Waals surface area (Å²) in [6, 6.07) is -0.638. The molecule has 0 aromatic rings. The van der Waals surface area contributed by atoms with Crippen molar-refractivity contribution in [1.82, 2.24) is 5.32 Å². The van der Waals surface area contributed by atoms with Crippen LogP contribution in [0.25, 0.3) is 0 Å². The van der Waals surface area contributed by atoms with Gasteiger partial charge in [-0.05, 0) is 89.9 Å². The number of carbonyl (C=O) groups is 2. The van der Waals surface area contributed by atoms with Crippen LogP contribution in [0.3, 0.4) is 0 Å². The molecular formula is C60H111NO5. The van der Waals surface area contributed by atoms with Gasteiger partial charge in [-0.2, -0.15) is 0 Å². The van der Waals surface area contributed by atoms with E-state index in [1.54, 1.807) is 6.08 Å². The van der Waals surface area contributed by atoms with E-state index in [1.807, 2.05) is 6.08 Å². The first-order valence-corrected chi connectivity index (χ1v) is 28.9. The van der Waals surface area contributed by atoms with Gasteiger partial charge in [-0.1, -0.05) is 242 Å². The molecule has 0 aliphatic carbocycles. The molecular weight excluding hydrogens is 815 g/mol. The van der Waals surface area contributed by atoms with E-state index in [-0.39, 0.29) is 18.5 Å². The summed E-state index contributed by atoms with van der Waals surface area (Å²) in [4.78, 5) is 24.5. The SMILES string of the molecule is CCCCC/C=C\C/C=C\CCCCCCCCCCCC(=O)OCCCCCCCCCCC/C=C\CCCCCCCC(=O)NC(CO)C(O)/C=C/CCCCCCCCCCCC. The van der Waals surface area contributed by atoms with E-state index in [9.17, 15) is 19.8 Å². The fraction of sp³-hybridized carbons (Fsp3) is 0.833. The lowest BCUT2D eigenvalue weighted by molar-refractivity contribution is -0.143. The average molecular weight is 927 g/mol. The first-order chi connectivity index (χ1) is 32.5. The van der Waals surface area contributed by atoms with E-state index in [2.05, 4.69) is 55.6 Å². The molecule has 2 unspecified atom stereocenters. The number of esters is 1. The van der Waals surface area contributed by atoms with Crippen LogP contribution in [0, 0.1) is 0 Å². The maximum Gasteiger partial charge on any atom is 0.305 e. The van der Waals surface area contributed by atoms with Gasteiger partial charge in [0.15, 0.2) is 0 Å². The third-order valence-electron chi connectivity index (χ3n) is 13.1. The molecule has 386 valence electrons. The van der Waals surface area contributed by atoms with E-state index in [0.29, 0.717) is 19.4 Å². The Balaban J connectivity index is 3.45. The zero-order valence-electron chi connectivity index (χ0n) is 43.9. The third-order valence-corrected chi connectivity index (χ3v) is 13.1. The van der Waals surface area contributed by atoms with Gasteiger partial charge in [-0.25, -0.2) is 0 Å². The van der Waals surface area contributed by atoms with Crippen molar-refractivity contribution in [3.63, 3.8) is 0 Å². The second kappa shape index (κ2) is 55.4. The van der Waals surface area contributed by atoms with E-state index in [4.69, 9.17) is 4.74 Å². The molecule has 0 aliphatic rings. The van der Waals surface area contributed by atoms with Crippen LogP contribution >= 0.6 is 0 Å². The monoisotopic (exact) mass is 926 g/mol. The molecule has 2 atom stereocenters. The standard InChI is InChI=1S/C60H111NO5/c1-3-5-7-9-11-13-15-17-18-19-20-24-27-30-34-38-42-46-50-54-60(65)66-55-51-47-43-39-35-31-28-25-22-21-23-26-29-33-37-41-45-49-53-59(64)61-57(56-62)58(63)52-48-44-40-36-32-16-14-12-10-8-6-4-2/h11,13,17-18,23,26,48,52,57-58,62-63H,3-10,12,14-16,19-22,24-25,27-47,49-51,53-56H2,1-2H3,(H,61,64)/b13-11-,18-17-,26-23-,52-48+. The summed E-state index contributed by atoms with van der Waals surface area (Å²) in [6.07, 6.45) is 69.9. The molecule has 0 aliphatic heterocycles. The predicted molar refractivity (Wildman–Crippen MR) is 287 cm³/mol. The fourth-order valence-electron chi connectivity index (χ4n) is 8.60. The Labute approximate surface area is 410 Å². The average Bonchev–Trinajstić information content (AvgIpc) is 3.32. The van der Waals surface area contributed by atoms with E-state index >= 15 is 0 Å². The van der Waals surface area contributed by atoms with Gasteiger partial charge in [0.05, 0.1) is 25.4 Å². The summed E-state index contributed by atoms with van der Waals surface area (Å²) in [5.41, 5.74) is 0. The van der Waals surface area contributed by atoms with Crippen molar-refractivity contribution >= 4 is 11.9 Å². The fourth-order valence-corrected chi connectivity index (χ4v) is 8.60. The molecule has 66 heavy (non-hydrogen) atoms. The lowest BCUT2D eigenvalue weighted by Crippen LogP contribution is -2.45. The number of carbonyl (C=O) groups excluding carboxylic acids is 2. The molecule has 0 aromatic carbocycles. The van der Waals surface area contributed by atoms with Gasteiger partial charge in [0.1, 0.15) is 0 Å². The number of aliphatic hydroxyl groups excluding tert-OH is 2. The first kappa shape index (κ1) is 63.8. The Kier molecular flexibility index (Phi) is 53.6. The molecule has 0 saturated heterocycles. The van der Waals surface area contributed by atoms with Gasteiger partial charge >= 0.3 is 5.97 Å². The molecule has 0 spiro atoms. The van der Waals surface area contributed by atoms with Crippen LogP contribution in [0.4, 0.5) is 0 Å². The number of allylic oxidation sites excluding steroid dienone is 7. The zero-order valence-corrected chi connectivity index (χ0v) is 43.9.